The van der Waals surface area contributed by atoms with Crippen LogP contribution in [-0.2, 0) is 0 Å². The Hall–Kier alpha value is -2.52. The highest BCUT2D eigenvalue weighted by atomic mass is 35.5. The number of hydrogen-bond donors (Lipinski definition) is 1. The molecular formula is C18H17ClFN5O2S. The maximum Gasteiger partial charge on any atom is 0.285 e. The molecule has 28 heavy (non-hydrogen) atoms. The van der Waals surface area contributed by atoms with E-state index in [-0.39, 0.29) is 17.0 Å². The standard InChI is InChI=1S/C18H17ClFN5O2S/c1-9-17(28-10(2)22-9)11-5-14(20)23-15(6-11)27-12-3-4-25(8-12)13-7-21-24-18(26)16(13)19/h5-7,12H,3-4,8H2,1-2H3,(H,24,26)/t12-/m1/s1. The second kappa shape index (κ2) is 7.48. The molecule has 0 aliphatic carbocycles. The summed E-state index contributed by atoms with van der Waals surface area (Å²) in [5.41, 5.74) is 1.67. The predicted octanol–water partition coefficient (Wildman–Crippen LogP) is 3.36. The first-order valence-corrected chi connectivity index (χ1v) is 9.87. The Morgan fingerprint density at radius 2 is 2.18 bits per heavy atom. The average molecular weight is 422 g/mol. The van der Waals surface area contributed by atoms with Crippen molar-refractivity contribution >= 4 is 28.6 Å². The van der Waals surface area contributed by atoms with Crippen molar-refractivity contribution in [3.63, 3.8) is 0 Å². The molecule has 0 saturated carbocycles. The summed E-state index contributed by atoms with van der Waals surface area (Å²) in [7, 11) is 0. The fourth-order valence-corrected chi connectivity index (χ4v) is 4.39. The van der Waals surface area contributed by atoms with Gasteiger partial charge in [0.1, 0.15) is 11.1 Å². The van der Waals surface area contributed by atoms with Crippen molar-refractivity contribution < 1.29 is 9.13 Å². The van der Waals surface area contributed by atoms with Crippen LogP contribution in [0.25, 0.3) is 10.4 Å². The molecule has 4 heterocycles. The number of halogens is 2. The van der Waals surface area contributed by atoms with Gasteiger partial charge in [0.25, 0.3) is 5.56 Å². The Morgan fingerprint density at radius 1 is 1.36 bits per heavy atom. The van der Waals surface area contributed by atoms with E-state index in [2.05, 4.69) is 20.2 Å². The minimum atomic E-state index is -0.602. The van der Waals surface area contributed by atoms with Crippen LogP contribution in [0, 0.1) is 19.8 Å². The summed E-state index contributed by atoms with van der Waals surface area (Å²) < 4.78 is 20.0. The molecule has 146 valence electrons. The lowest BCUT2D eigenvalue weighted by molar-refractivity contribution is 0.213. The van der Waals surface area contributed by atoms with E-state index in [9.17, 15) is 9.18 Å². The van der Waals surface area contributed by atoms with Crippen LogP contribution in [-0.4, -0.2) is 39.4 Å². The van der Waals surface area contributed by atoms with E-state index in [1.165, 1.54) is 23.6 Å². The molecule has 3 aromatic rings. The average Bonchev–Trinajstić information content (AvgIpc) is 3.23. The van der Waals surface area contributed by atoms with Crippen LogP contribution in [0.3, 0.4) is 0 Å². The van der Waals surface area contributed by atoms with Gasteiger partial charge in [-0.15, -0.1) is 11.3 Å². The topological polar surface area (TPSA) is 84.0 Å². The van der Waals surface area contributed by atoms with Gasteiger partial charge in [-0.25, -0.2) is 10.1 Å². The maximum atomic E-state index is 14.1. The summed E-state index contributed by atoms with van der Waals surface area (Å²) in [4.78, 5) is 22.7. The highest BCUT2D eigenvalue weighted by molar-refractivity contribution is 7.15. The van der Waals surface area contributed by atoms with Crippen molar-refractivity contribution in [2.75, 3.05) is 18.0 Å². The predicted molar refractivity (Wildman–Crippen MR) is 106 cm³/mol. The molecule has 4 rings (SSSR count). The third-order valence-corrected chi connectivity index (χ3v) is 5.97. The summed E-state index contributed by atoms with van der Waals surface area (Å²) >= 11 is 7.58. The lowest BCUT2D eigenvalue weighted by Gasteiger charge is -2.19. The van der Waals surface area contributed by atoms with Crippen molar-refractivity contribution in [3.8, 4) is 16.3 Å². The fraction of sp³-hybridized carbons (Fsp3) is 0.333. The minimum Gasteiger partial charge on any atom is -0.472 e. The highest BCUT2D eigenvalue weighted by Crippen LogP contribution is 2.32. The smallest absolute Gasteiger partial charge is 0.285 e. The molecule has 0 bridgehead atoms. The monoisotopic (exact) mass is 421 g/mol. The molecule has 0 unspecified atom stereocenters. The van der Waals surface area contributed by atoms with Crippen LogP contribution in [0.4, 0.5) is 10.1 Å². The molecule has 1 aliphatic rings. The Morgan fingerprint density at radius 3 is 2.93 bits per heavy atom. The number of pyridine rings is 1. The van der Waals surface area contributed by atoms with Gasteiger partial charge in [-0.2, -0.15) is 14.5 Å². The van der Waals surface area contributed by atoms with Gasteiger partial charge in [0.2, 0.25) is 11.8 Å². The van der Waals surface area contributed by atoms with Gasteiger partial charge in [-0.05, 0) is 13.8 Å². The van der Waals surface area contributed by atoms with Crippen LogP contribution < -0.4 is 15.2 Å². The largest absolute Gasteiger partial charge is 0.472 e. The normalized spacial score (nSPS) is 16.6. The molecule has 1 fully saturated rings. The van der Waals surface area contributed by atoms with E-state index < -0.39 is 11.5 Å². The molecule has 1 N–H and O–H groups in total. The van der Waals surface area contributed by atoms with Crippen LogP contribution in [0.5, 0.6) is 5.88 Å². The Kier molecular flexibility index (Phi) is 5.03. The number of thiazole rings is 1. The van der Waals surface area contributed by atoms with E-state index in [4.69, 9.17) is 16.3 Å². The molecule has 1 aliphatic heterocycles. The van der Waals surface area contributed by atoms with Crippen molar-refractivity contribution in [1.29, 1.82) is 0 Å². The minimum absolute atomic E-state index is 0.0952. The molecule has 10 heteroatoms. The maximum absolute atomic E-state index is 14.1. The number of aromatic amines is 1. The molecule has 0 spiro atoms. The van der Waals surface area contributed by atoms with Gasteiger partial charge in [0.05, 0.1) is 34.0 Å². The lowest BCUT2D eigenvalue weighted by atomic mass is 10.2. The zero-order valence-corrected chi connectivity index (χ0v) is 16.8. The molecule has 0 radical (unpaired) electrons. The van der Waals surface area contributed by atoms with Gasteiger partial charge >= 0.3 is 0 Å². The van der Waals surface area contributed by atoms with Gasteiger partial charge in [-0.3, -0.25) is 4.79 Å². The summed E-state index contributed by atoms with van der Waals surface area (Å²) in [6, 6.07) is 3.11. The fourth-order valence-electron chi connectivity index (χ4n) is 3.27. The molecular weight excluding hydrogens is 405 g/mol. The van der Waals surface area contributed by atoms with Crippen molar-refractivity contribution in [1.82, 2.24) is 20.2 Å². The third kappa shape index (κ3) is 3.72. The quantitative estimate of drug-likeness (QED) is 0.650. The number of aromatic nitrogens is 4. The SMILES string of the molecule is Cc1nc(C)c(-c2cc(F)nc(O[C@@H]3CCN(c4cn[nH]c(=O)c4Cl)C3)c2)s1. The number of rotatable bonds is 4. The first kappa shape index (κ1) is 18.8. The summed E-state index contributed by atoms with van der Waals surface area (Å²) in [6.45, 7) is 4.95. The Bertz CT molecular complexity index is 1090. The number of hydrogen-bond acceptors (Lipinski definition) is 7. The number of anilines is 1. The summed E-state index contributed by atoms with van der Waals surface area (Å²) in [6.07, 6.45) is 2.00. The first-order chi connectivity index (χ1) is 13.4. The van der Waals surface area contributed by atoms with Crippen LogP contribution in [0.1, 0.15) is 17.1 Å². The number of nitrogens with zero attached hydrogens (tertiary/aromatic N) is 4. The number of aryl methyl sites for hydroxylation is 2. The second-order valence-electron chi connectivity index (χ2n) is 6.54. The molecule has 1 saturated heterocycles. The van der Waals surface area contributed by atoms with Crippen molar-refractivity contribution in [2.45, 2.75) is 26.4 Å². The summed E-state index contributed by atoms with van der Waals surface area (Å²) in [5.74, 6) is -0.378. The lowest BCUT2D eigenvalue weighted by Crippen LogP contribution is -2.26. The van der Waals surface area contributed by atoms with Gasteiger partial charge in [0.15, 0.2) is 0 Å². The molecule has 0 amide bonds. The number of H-pyrrole nitrogens is 1. The van der Waals surface area contributed by atoms with E-state index >= 15 is 0 Å². The van der Waals surface area contributed by atoms with E-state index in [0.29, 0.717) is 30.8 Å². The first-order valence-electron chi connectivity index (χ1n) is 8.67. The molecule has 1 atom stereocenters. The van der Waals surface area contributed by atoms with E-state index in [0.717, 1.165) is 15.6 Å². The molecule has 3 aromatic heterocycles. The second-order valence-corrected chi connectivity index (χ2v) is 8.12. The zero-order valence-electron chi connectivity index (χ0n) is 15.2. The number of nitrogens with one attached hydrogen (secondary N) is 1. The van der Waals surface area contributed by atoms with Gasteiger partial charge < -0.3 is 9.64 Å². The molecule has 0 aromatic carbocycles. The Labute approximate surface area is 169 Å². The van der Waals surface area contributed by atoms with Crippen LogP contribution in [0.15, 0.2) is 23.1 Å². The number of ether oxygens (including phenoxy) is 1. The van der Waals surface area contributed by atoms with Gasteiger partial charge in [-0.1, -0.05) is 11.6 Å². The van der Waals surface area contributed by atoms with E-state index in [1.54, 1.807) is 6.07 Å². The van der Waals surface area contributed by atoms with Crippen molar-refractivity contribution in [3.05, 3.63) is 50.4 Å². The summed E-state index contributed by atoms with van der Waals surface area (Å²) in [5, 5.41) is 7.11. The van der Waals surface area contributed by atoms with Crippen LogP contribution >= 0.6 is 22.9 Å². The highest BCUT2D eigenvalue weighted by Gasteiger charge is 2.27. The van der Waals surface area contributed by atoms with Gasteiger partial charge in [0, 0.05) is 30.7 Å². The third-order valence-electron chi connectivity index (χ3n) is 4.49. The van der Waals surface area contributed by atoms with E-state index in [1.807, 2.05) is 18.7 Å². The zero-order chi connectivity index (χ0) is 19.8. The van der Waals surface area contributed by atoms with Crippen molar-refractivity contribution in [2.24, 2.45) is 0 Å². The Balaban J connectivity index is 1.53. The van der Waals surface area contributed by atoms with Crippen LogP contribution in [0.2, 0.25) is 5.02 Å². The molecule has 7 nitrogen and oxygen atoms in total.